The van der Waals surface area contributed by atoms with Crippen LogP contribution in [-0.4, -0.2) is 47.5 Å². The molecular formula is C17H26N3O8P. The van der Waals surface area contributed by atoms with Crippen molar-refractivity contribution >= 4 is 13.7 Å². The summed E-state index contributed by atoms with van der Waals surface area (Å²) in [5, 5.41) is 2.54. The Morgan fingerprint density at radius 3 is 2.79 bits per heavy atom. The summed E-state index contributed by atoms with van der Waals surface area (Å²) >= 11 is 0. The Morgan fingerprint density at radius 2 is 2.17 bits per heavy atom. The number of rotatable bonds is 9. The highest BCUT2D eigenvalue weighted by molar-refractivity contribution is 7.51. The first-order valence-electron chi connectivity index (χ1n) is 9.37. The van der Waals surface area contributed by atoms with Gasteiger partial charge in [-0.1, -0.05) is 0 Å². The van der Waals surface area contributed by atoms with Crippen molar-refractivity contribution in [2.75, 3.05) is 13.7 Å². The van der Waals surface area contributed by atoms with Crippen LogP contribution in [0.4, 0.5) is 0 Å². The number of hydrogen-bond acceptors (Lipinski definition) is 8. The van der Waals surface area contributed by atoms with Gasteiger partial charge in [-0.2, -0.15) is 0 Å². The van der Waals surface area contributed by atoms with Gasteiger partial charge in [-0.25, -0.2) is 14.4 Å². The van der Waals surface area contributed by atoms with Crippen molar-refractivity contribution in [2.45, 2.75) is 57.6 Å². The molecule has 1 aliphatic carbocycles. The molecule has 2 N–H and O–H groups in total. The van der Waals surface area contributed by atoms with E-state index < -0.39 is 42.8 Å². The van der Waals surface area contributed by atoms with E-state index in [2.05, 4.69) is 10.1 Å². The Morgan fingerprint density at radius 1 is 1.45 bits per heavy atom. The number of aromatic amines is 1. The zero-order valence-corrected chi connectivity index (χ0v) is 17.6. The number of carbonyl (C=O) groups excluding carboxylic acids is 1. The summed E-state index contributed by atoms with van der Waals surface area (Å²) in [6, 6.07) is 0.367. The average molecular weight is 431 g/mol. The summed E-state index contributed by atoms with van der Waals surface area (Å²) in [6.45, 7) is 4.87. The fourth-order valence-corrected chi connectivity index (χ4v) is 4.70. The smallest absolute Gasteiger partial charge is 0.406 e. The molecule has 2 aliphatic rings. The molecule has 1 aliphatic heterocycles. The number of ether oxygens (including phenoxy) is 2. The van der Waals surface area contributed by atoms with E-state index in [9.17, 15) is 18.9 Å². The van der Waals surface area contributed by atoms with Gasteiger partial charge in [0.1, 0.15) is 6.04 Å². The molecular weight excluding hydrogens is 405 g/mol. The van der Waals surface area contributed by atoms with Crippen LogP contribution in [-0.2, 0) is 33.6 Å². The third kappa shape index (κ3) is 4.70. The molecule has 0 bridgehead atoms. The van der Waals surface area contributed by atoms with Crippen molar-refractivity contribution in [2.24, 2.45) is 5.92 Å². The molecule has 5 atom stereocenters. The first kappa shape index (κ1) is 21.9. The second-order valence-corrected chi connectivity index (χ2v) is 9.39. The van der Waals surface area contributed by atoms with Crippen LogP contribution in [0.1, 0.15) is 33.6 Å². The molecule has 0 amide bonds. The standard InChI is InChI=1S/C17H26N3O8P/c1-10(2)27-15(22)11(3)19-29(24,25-4)26-9-13-7-12-8-17(12,28-13)20-6-5-14(21)18-16(20)23/h5-6,10-13H,7-9H2,1-4H3,(H,19,24)(H,18,21,23)/t11-,12-,13-,17+,29?/m0/s1. The minimum atomic E-state index is -3.77. The quantitative estimate of drug-likeness (QED) is 0.427. The van der Waals surface area contributed by atoms with Crippen molar-refractivity contribution in [3.63, 3.8) is 0 Å². The summed E-state index contributed by atoms with van der Waals surface area (Å²) in [7, 11) is -2.56. The van der Waals surface area contributed by atoms with Gasteiger partial charge in [0, 0.05) is 31.7 Å². The summed E-state index contributed by atoms with van der Waals surface area (Å²) in [6.07, 6.45) is 1.93. The molecule has 29 heavy (non-hydrogen) atoms. The zero-order valence-electron chi connectivity index (χ0n) is 16.7. The predicted octanol–water partition coefficient (Wildman–Crippen LogP) is 0.699. The first-order valence-corrected chi connectivity index (χ1v) is 10.9. The summed E-state index contributed by atoms with van der Waals surface area (Å²) in [4.78, 5) is 37.5. The summed E-state index contributed by atoms with van der Waals surface area (Å²) < 4.78 is 35.6. The number of hydrogen-bond donors (Lipinski definition) is 2. The molecule has 0 spiro atoms. The largest absolute Gasteiger partial charge is 0.462 e. The molecule has 2 fully saturated rings. The van der Waals surface area contributed by atoms with Gasteiger partial charge in [-0.3, -0.25) is 23.7 Å². The number of carbonyl (C=O) groups is 1. The van der Waals surface area contributed by atoms with Crippen LogP contribution in [0.25, 0.3) is 0 Å². The van der Waals surface area contributed by atoms with Gasteiger partial charge in [0.2, 0.25) is 0 Å². The molecule has 2 heterocycles. The van der Waals surface area contributed by atoms with Crippen LogP contribution in [0.3, 0.4) is 0 Å². The molecule has 1 saturated heterocycles. The normalized spacial score (nSPS) is 28.6. The molecule has 1 saturated carbocycles. The van der Waals surface area contributed by atoms with Crippen LogP contribution in [0, 0.1) is 5.92 Å². The topological polar surface area (TPSA) is 138 Å². The Kier molecular flexibility index (Phi) is 6.16. The van der Waals surface area contributed by atoms with Crippen molar-refractivity contribution < 1.29 is 27.9 Å². The van der Waals surface area contributed by atoms with Gasteiger partial charge >= 0.3 is 19.4 Å². The van der Waals surface area contributed by atoms with Gasteiger partial charge in [-0.15, -0.1) is 0 Å². The molecule has 11 nitrogen and oxygen atoms in total. The molecule has 1 unspecified atom stereocenters. The maximum absolute atomic E-state index is 12.8. The van der Waals surface area contributed by atoms with Gasteiger partial charge in [0.25, 0.3) is 5.56 Å². The van der Waals surface area contributed by atoms with Gasteiger partial charge < -0.3 is 14.0 Å². The Bertz CT molecular complexity index is 928. The Balaban J connectivity index is 1.58. The van der Waals surface area contributed by atoms with Crippen LogP contribution < -0.4 is 16.3 Å². The monoisotopic (exact) mass is 431 g/mol. The number of H-pyrrole nitrogens is 1. The van der Waals surface area contributed by atoms with E-state index in [1.165, 1.54) is 30.9 Å². The van der Waals surface area contributed by atoms with Gasteiger partial charge in [0.15, 0.2) is 5.72 Å². The highest BCUT2D eigenvalue weighted by Crippen LogP contribution is 2.59. The lowest BCUT2D eigenvalue weighted by Gasteiger charge is -2.24. The second kappa shape index (κ2) is 8.16. The fourth-order valence-electron chi connectivity index (χ4n) is 3.48. The van der Waals surface area contributed by atoms with E-state index >= 15 is 0 Å². The third-order valence-corrected chi connectivity index (χ3v) is 6.57. The minimum Gasteiger partial charge on any atom is -0.462 e. The molecule has 12 heteroatoms. The van der Waals surface area contributed by atoms with E-state index in [4.69, 9.17) is 18.5 Å². The number of aromatic nitrogens is 2. The summed E-state index contributed by atoms with van der Waals surface area (Å²) in [5.41, 5.74) is -1.83. The van der Waals surface area contributed by atoms with E-state index in [1.807, 2.05) is 0 Å². The van der Waals surface area contributed by atoms with E-state index in [-0.39, 0.29) is 18.6 Å². The molecule has 1 aromatic heterocycles. The highest BCUT2D eigenvalue weighted by atomic mass is 31.2. The average Bonchev–Trinajstić information content (AvgIpc) is 3.20. The lowest BCUT2D eigenvalue weighted by Crippen LogP contribution is -2.38. The Hall–Kier alpha value is -1.78. The molecule has 0 aromatic carbocycles. The third-order valence-electron chi connectivity index (χ3n) is 4.89. The maximum atomic E-state index is 12.8. The SMILES string of the molecule is COP(=O)(N[C@@H](C)C(=O)OC(C)C)OC[C@@H]1C[C@H]2C[C@@]2(n2ccc(=O)[nH]c2=O)O1. The second-order valence-electron chi connectivity index (χ2n) is 7.51. The highest BCUT2D eigenvalue weighted by Gasteiger charge is 2.64. The lowest BCUT2D eigenvalue weighted by atomic mass is 10.2. The number of esters is 1. The van der Waals surface area contributed by atoms with E-state index in [0.29, 0.717) is 12.8 Å². The zero-order chi connectivity index (χ0) is 21.4. The maximum Gasteiger partial charge on any atom is 0.406 e. The fraction of sp³-hybridized carbons (Fsp3) is 0.706. The molecule has 1 aromatic rings. The van der Waals surface area contributed by atoms with Crippen LogP contribution >= 0.6 is 7.75 Å². The van der Waals surface area contributed by atoms with Crippen LogP contribution in [0.5, 0.6) is 0 Å². The Labute approximate surface area is 167 Å². The predicted molar refractivity (Wildman–Crippen MR) is 101 cm³/mol. The van der Waals surface area contributed by atoms with Crippen LogP contribution in [0.15, 0.2) is 21.9 Å². The van der Waals surface area contributed by atoms with Gasteiger partial charge in [0.05, 0.1) is 18.8 Å². The van der Waals surface area contributed by atoms with Crippen molar-refractivity contribution in [1.29, 1.82) is 0 Å². The number of nitrogens with one attached hydrogen (secondary N) is 2. The first-order chi connectivity index (χ1) is 13.6. The molecule has 3 rings (SSSR count). The van der Waals surface area contributed by atoms with Crippen LogP contribution in [0.2, 0.25) is 0 Å². The molecule has 0 radical (unpaired) electrons. The number of fused-ring (bicyclic) bond motifs is 1. The van der Waals surface area contributed by atoms with E-state index in [1.54, 1.807) is 13.8 Å². The van der Waals surface area contributed by atoms with Crippen molar-refractivity contribution in [3.05, 3.63) is 33.1 Å². The van der Waals surface area contributed by atoms with Crippen molar-refractivity contribution in [1.82, 2.24) is 14.6 Å². The molecule has 162 valence electrons. The minimum absolute atomic E-state index is 0.0551. The number of nitrogens with zero attached hydrogens (tertiary/aromatic N) is 1. The summed E-state index contributed by atoms with van der Waals surface area (Å²) in [5.74, 6) is -0.481. The van der Waals surface area contributed by atoms with E-state index in [0.717, 1.165) is 0 Å². The lowest BCUT2D eigenvalue weighted by molar-refractivity contribution is -0.149. The van der Waals surface area contributed by atoms with Crippen molar-refractivity contribution in [3.8, 4) is 0 Å². The van der Waals surface area contributed by atoms with Gasteiger partial charge in [-0.05, 0) is 27.2 Å².